The maximum Gasteiger partial charge on any atom is 0.270 e. The van der Waals surface area contributed by atoms with Crippen LogP contribution in [0.1, 0.15) is 37.1 Å². The zero-order valence-corrected chi connectivity index (χ0v) is 14.2. The minimum Gasteiger partial charge on any atom is -0.319 e. The smallest absolute Gasteiger partial charge is 0.270 e. The fourth-order valence-electron chi connectivity index (χ4n) is 3.73. The van der Waals surface area contributed by atoms with Crippen LogP contribution in [0.25, 0.3) is 11.0 Å². The Balaban J connectivity index is 2.16. The van der Waals surface area contributed by atoms with E-state index >= 15 is 0 Å². The molecule has 3 rings (SSSR count). The van der Waals surface area contributed by atoms with Crippen LogP contribution < -0.4 is 5.56 Å². The quantitative estimate of drug-likeness (QED) is 0.827. The van der Waals surface area contributed by atoms with Crippen molar-refractivity contribution in [2.24, 2.45) is 0 Å². The molecule has 0 unspecified atom stereocenters. The highest BCUT2D eigenvalue weighted by Gasteiger charge is 2.38. The number of aromatic nitrogens is 2. The van der Waals surface area contributed by atoms with Crippen LogP contribution in [0.15, 0.2) is 16.9 Å². The van der Waals surface area contributed by atoms with Gasteiger partial charge in [0.2, 0.25) is 0 Å². The molecule has 1 aromatic heterocycles. The van der Waals surface area contributed by atoms with Gasteiger partial charge in [0, 0.05) is 6.04 Å². The molecular weight excluding hydrogens is 272 g/mol. The summed E-state index contributed by atoms with van der Waals surface area (Å²) in [6.07, 6.45) is 1.91. The molecule has 0 spiro atoms. The molecule has 1 N–H and O–H groups in total. The minimum atomic E-state index is -0.0645. The Labute approximate surface area is 133 Å². The first-order valence-electron chi connectivity index (χ1n) is 8.16. The number of H-pyrrole nitrogens is 1. The monoisotopic (exact) mass is 295 g/mol. The summed E-state index contributed by atoms with van der Waals surface area (Å²) < 4.78 is 0. The van der Waals surface area contributed by atoms with Gasteiger partial charge in [0.15, 0.2) is 0 Å². The van der Waals surface area contributed by atoms with Gasteiger partial charge in [0.05, 0.1) is 11.0 Å². The number of likely N-dealkylation sites (tertiary alicyclic amines) is 1. The largest absolute Gasteiger partial charge is 0.319 e. The molecule has 0 bridgehead atoms. The second kappa shape index (κ2) is 5.27. The van der Waals surface area contributed by atoms with Crippen molar-refractivity contribution in [3.63, 3.8) is 0 Å². The van der Waals surface area contributed by atoms with Crippen LogP contribution in [0.4, 0.5) is 0 Å². The van der Waals surface area contributed by atoms with Crippen LogP contribution in [0.3, 0.4) is 0 Å². The van der Waals surface area contributed by atoms with Gasteiger partial charge in [0.25, 0.3) is 5.56 Å². The van der Waals surface area contributed by atoms with Gasteiger partial charge in [-0.15, -0.1) is 0 Å². The molecule has 1 aromatic carbocycles. The van der Waals surface area contributed by atoms with E-state index < -0.39 is 0 Å². The molecule has 22 heavy (non-hydrogen) atoms. The van der Waals surface area contributed by atoms with E-state index in [9.17, 15) is 4.79 Å². The highest BCUT2D eigenvalue weighted by Crippen LogP contribution is 2.34. The number of hydrogen-bond donors (Lipinski definition) is 1. The van der Waals surface area contributed by atoms with Crippen molar-refractivity contribution in [1.29, 1.82) is 0 Å². The van der Waals surface area contributed by atoms with Crippen LogP contribution in [0.2, 0.25) is 0 Å². The first kappa shape index (κ1) is 15.3. The second-order valence-corrected chi connectivity index (χ2v) is 6.89. The molecule has 1 saturated heterocycles. The lowest BCUT2D eigenvalue weighted by Gasteiger charge is -2.51. The summed E-state index contributed by atoms with van der Waals surface area (Å²) in [5, 5.41) is -0.0315. The lowest BCUT2D eigenvalue weighted by atomic mass is 9.54. The molecular formula is C16H23B2N3O. The Bertz CT molecular complexity index is 785. The Hall–Kier alpha value is -1.55. The Morgan fingerprint density at radius 2 is 2.18 bits per heavy atom. The number of aryl methyl sites for hydroxylation is 2. The van der Waals surface area contributed by atoms with E-state index in [1.165, 1.54) is 12.0 Å². The summed E-state index contributed by atoms with van der Waals surface area (Å²) in [6, 6.07) is 4.83. The number of nitrogens with one attached hydrogen (secondary N) is 1. The number of hydrogen-bond acceptors (Lipinski definition) is 3. The zero-order chi connectivity index (χ0) is 16.1. The first-order valence-corrected chi connectivity index (χ1v) is 8.16. The van der Waals surface area contributed by atoms with E-state index in [2.05, 4.69) is 50.5 Å². The standard InChI is InChI=1S/C16H23B2N3O/c1-4-12-15(22)20-14-10(3)11(5-6-13(14)19-12)16(17,18)21-8-7-9(21)2/h5-6,9H,4,7-8,17-18H2,1-3H3,(H,20,22)/t9-/m1/s1. The van der Waals surface area contributed by atoms with Crippen molar-refractivity contribution in [3.05, 3.63) is 39.3 Å². The summed E-state index contributed by atoms with van der Waals surface area (Å²) in [5.41, 5.74) is 4.70. The maximum atomic E-state index is 12.1. The van der Waals surface area contributed by atoms with E-state index in [0.29, 0.717) is 18.2 Å². The fraction of sp³-hybridized carbons (Fsp3) is 0.500. The average molecular weight is 295 g/mol. The van der Waals surface area contributed by atoms with E-state index in [0.717, 1.165) is 23.1 Å². The van der Waals surface area contributed by atoms with Gasteiger partial charge in [-0.05, 0) is 55.8 Å². The third kappa shape index (κ3) is 2.21. The van der Waals surface area contributed by atoms with Crippen molar-refractivity contribution in [3.8, 4) is 0 Å². The Morgan fingerprint density at radius 3 is 2.73 bits per heavy atom. The zero-order valence-electron chi connectivity index (χ0n) is 14.2. The van der Waals surface area contributed by atoms with Gasteiger partial charge in [-0.2, -0.15) is 0 Å². The van der Waals surface area contributed by atoms with Crippen LogP contribution in [0.5, 0.6) is 0 Å². The van der Waals surface area contributed by atoms with Gasteiger partial charge in [-0.3, -0.25) is 4.79 Å². The lowest BCUT2D eigenvalue weighted by molar-refractivity contribution is 0.0668. The van der Waals surface area contributed by atoms with Crippen molar-refractivity contribution in [1.82, 2.24) is 14.9 Å². The third-order valence-corrected chi connectivity index (χ3v) is 5.23. The summed E-state index contributed by atoms with van der Waals surface area (Å²) >= 11 is 0. The lowest BCUT2D eigenvalue weighted by Crippen LogP contribution is -2.59. The molecule has 1 atom stereocenters. The summed E-state index contributed by atoms with van der Waals surface area (Å²) in [4.78, 5) is 22.2. The van der Waals surface area contributed by atoms with Gasteiger partial charge in [-0.25, -0.2) is 4.98 Å². The van der Waals surface area contributed by atoms with Crippen molar-refractivity contribution >= 4 is 26.7 Å². The summed E-state index contributed by atoms with van der Waals surface area (Å²) in [5.74, 6) is 0. The fourth-order valence-corrected chi connectivity index (χ4v) is 3.73. The molecule has 6 heteroatoms. The topological polar surface area (TPSA) is 49.0 Å². The highest BCUT2D eigenvalue weighted by atomic mass is 16.1. The molecule has 1 aliphatic heterocycles. The molecule has 0 radical (unpaired) electrons. The number of benzene rings is 1. The van der Waals surface area contributed by atoms with E-state index in [4.69, 9.17) is 0 Å². The van der Waals surface area contributed by atoms with Crippen molar-refractivity contribution in [2.75, 3.05) is 6.54 Å². The number of nitrogens with zero attached hydrogens (tertiary/aromatic N) is 2. The molecule has 2 aromatic rings. The van der Waals surface area contributed by atoms with E-state index in [1.54, 1.807) is 0 Å². The second-order valence-electron chi connectivity index (χ2n) is 6.89. The summed E-state index contributed by atoms with van der Waals surface area (Å²) in [6.45, 7) is 7.46. The van der Waals surface area contributed by atoms with Gasteiger partial charge in [-0.1, -0.05) is 13.0 Å². The van der Waals surface area contributed by atoms with Gasteiger partial charge >= 0.3 is 0 Å². The highest BCUT2D eigenvalue weighted by molar-refractivity contribution is 6.40. The maximum absolute atomic E-state index is 12.1. The molecule has 0 saturated carbocycles. The average Bonchev–Trinajstić information content (AvgIpc) is 2.45. The van der Waals surface area contributed by atoms with E-state index in [1.807, 2.05) is 13.0 Å². The Morgan fingerprint density at radius 1 is 1.45 bits per heavy atom. The van der Waals surface area contributed by atoms with Crippen LogP contribution in [-0.4, -0.2) is 43.1 Å². The normalized spacial score (nSPS) is 19.3. The molecule has 2 heterocycles. The minimum absolute atomic E-state index is 0.0315. The SMILES string of the molecule is BC(B)(c1ccc2nc(CC)c(=O)[nH]c2c1C)N1CC[C@H]1C. The van der Waals surface area contributed by atoms with E-state index in [-0.39, 0.29) is 10.9 Å². The Kier molecular flexibility index (Phi) is 3.68. The van der Waals surface area contributed by atoms with Crippen molar-refractivity contribution in [2.45, 2.75) is 45.0 Å². The molecule has 1 aliphatic rings. The number of fused-ring (bicyclic) bond motifs is 1. The number of aromatic amines is 1. The van der Waals surface area contributed by atoms with Crippen molar-refractivity contribution < 1.29 is 0 Å². The number of rotatable bonds is 3. The van der Waals surface area contributed by atoms with Crippen LogP contribution >= 0.6 is 0 Å². The van der Waals surface area contributed by atoms with Gasteiger partial charge in [0.1, 0.15) is 21.4 Å². The predicted molar refractivity (Wildman–Crippen MR) is 96.0 cm³/mol. The molecule has 4 nitrogen and oxygen atoms in total. The van der Waals surface area contributed by atoms with Crippen LogP contribution in [0, 0.1) is 6.92 Å². The first-order chi connectivity index (χ1) is 10.4. The molecule has 1 fully saturated rings. The molecule has 0 aliphatic carbocycles. The molecule has 114 valence electrons. The summed E-state index contributed by atoms with van der Waals surface area (Å²) in [7, 11) is 4.53. The van der Waals surface area contributed by atoms with Gasteiger partial charge < -0.3 is 9.88 Å². The predicted octanol–water partition coefficient (Wildman–Crippen LogP) is 0.265. The molecule has 0 amide bonds. The van der Waals surface area contributed by atoms with Crippen LogP contribution in [-0.2, 0) is 11.8 Å². The third-order valence-electron chi connectivity index (χ3n) is 5.23.